The van der Waals surface area contributed by atoms with E-state index in [4.69, 9.17) is 23.7 Å². The Morgan fingerprint density at radius 3 is 2.24 bits per heavy atom. The van der Waals surface area contributed by atoms with Gasteiger partial charge in [0, 0.05) is 51.0 Å². The van der Waals surface area contributed by atoms with E-state index in [0.717, 1.165) is 16.5 Å². The lowest BCUT2D eigenvalue weighted by molar-refractivity contribution is -0.302. The first-order chi connectivity index (χ1) is 31.3. The van der Waals surface area contributed by atoms with Crippen LogP contribution in [0.25, 0.3) is 6.08 Å². The van der Waals surface area contributed by atoms with E-state index in [1.54, 1.807) is 32.9 Å². The molecule has 13 nitrogen and oxygen atoms in total. The smallest absolute Gasteiger partial charge is 0.329 e. The Kier molecular flexibility index (Phi) is 19.4. The number of fused-ring (bicyclic) bond motifs is 3. The first-order valence-electron chi connectivity index (χ1n) is 23.8. The number of nitrogens with zero attached hydrogens (tertiary/aromatic N) is 1. The number of allylic oxidation sites excluding steroid dienone is 3. The zero-order valence-corrected chi connectivity index (χ0v) is 40.0. The zero-order valence-electron chi connectivity index (χ0n) is 40.0. The summed E-state index contributed by atoms with van der Waals surface area (Å²) in [6.07, 6.45) is 5.42. The number of cyclic esters (lactones) is 1. The number of ketones is 2. The van der Waals surface area contributed by atoms with Crippen LogP contribution in [0.1, 0.15) is 118 Å². The third-order valence-corrected chi connectivity index (χ3v) is 14.2. The number of amides is 1. The summed E-state index contributed by atoms with van der Waals surface area (Å²) in [6, 6.07) is 2.01. The number of esters is 1. The highest BCUT2D eigenvalue weighted by Crippen LogP contribution is 2.39. The minimum Gasteiger partial charge on any atom is -0.456 e. The molecule has 3 fully saturated rings. The topological polar surface area (TPSA) is 178 Å². The van der Waals surface area contributed by atoms with E-state index in [1.807, 2.05) is 32.9 Å². The molecule has 14 atom stereocenters. The number of rotatable bonds is 9. The molecular formula is C51H73F2NO12. The van der Waals surface area contributed by atoms with Crippen LogP contribution in [0, 0.1) is 41.2 Å². The van der Waals surface area contributed by atoms with Gasteiger partial charge in [0.15, 0.2) is 0 Å². The first-order valence-corrected chi connectivity index (χ1v) is 23.8. The fraction of sp³-hybridized carbons (Fsp3) is 0.686. The van der Waals surface area contributed by atoms with Crippen molar-refractivity contribution in [2.45, 2.75) is 167 Å². The number of piperidine rings is 1. The van der Waals surface area contributed by atoms with E-state index < -0.39 is 102 Å². The van der Waals surface area contributed by atoms with Gasteiger partial charge in [0.05, 0.1) is 37.1 Å². The SMILES string of the molecule is CCC1/C=C(\C)CC(C)CC(OC)C2OC(O)(C(=O)C(=O)N3CCCCC3C(=O)OC(C(C)=CC3CCC(OCC=Cc4cc(F)cc(F)c4)C(O)C3)C(C)C(O)CC1=O)C(C)CC2OC. The Labute approximate surface area is 388 Å². The van der Waals surface area contributed by atoms with E-state index in [0.29, 0.717) is 62.5 Å². The number of Topliss-reactive ketones (excluding diaryl/α,β-unsaturated/α-hetero) is 2. The number of carbonyl (C=O) groups is 4. The van der Waals surface area contributed by atoms with Crippen LogP contribution in [0.3, 0.4) is 0 Å². The summed E-state index contributed by atoms with van der Waals surface area (Å²) in [7, 11) is 3.03. The number of aliphatic hydroxyl groups excluding tert-OH is 2. The van der Waals surface area contributed by atoms with Gasteiger partial charge in [0.2, 0.25) is 5.79 Å². The Morgan fingerprint density at radius 2 is 1.59 bits per heavy atom. The number of hydrogen-bond acceptors (Lipinski definition) is 12. The van der Waals surface area contributed by atoms with Gasteiger partial charge in [-0.3, -0.25) is 14.4 Å². The number of carbonyl (C=O) groups excluding carboxylic acids is 4. The van der Waals surface area contributed by atoms with Gasteiger partial charge in [-0.1, -0.05) is 57.6 Å². The Morgan fingerprint density at radius 1 is 0.909 bits per heavy atom. The van der Waals surface area contributed by atoms with Crippen LogP contribution < -0.4 is 0 Å². The summed E-state index contributed by atoms with van der Waals surface area (Å²) in [4.78, 5) is 58.1. The van der Waals surface area contributed by atoms with Gasteiger partial charge in [-0.25, -0.2) is 13.6 Å². The molecule has 1 amide bonds. The highest BCUT2D eigenvalue weighted by molar-refractivity contribution is 6.39. The normalized spacial score (nSPS) is 37.2. The molecule has 0 spiro atoms. The van der Waals surface area contributed by atoms with Crippen molar-refractivity contribution >= 4 is 29.5 Å². The van der Waals surface area contributed by atoms with Gasteiger partial charge >= 0.3 is 5.97 Å². The first kappa shape index (κ1) is 53.3. The number of halogens is 2. The van der Waals surface area contributed by atoms with Gasteiger partial charge in [0.25, 0.3) is 11.7 Å². The molecule has 3 aliphatic heterocycles. The van der Waals surface area contributed by atoms with E-state index in [9.17, 15) is 43.3 Å². The Balaban J connectivity index is 1.42. The average molecular weight is 930 g/mol. The molecule has 1 aliphatic carbocycles. The molecule has 3 heterocycles. The standard InChI is InChI=1S/C51H73F2NO12/c1-9-36-20-29(2)19-30(3)21-44(62-7)47-45(63-8)23-32(5)51(61,66-47)48(58)49(59)54-17-11-10-14-39(54)50(60)65-46(33(6)40(55)28-41(36)56)31(4)22-35-15-16-43(42(57)26-35)64-18-12-13-34-24-37(52)27-38(53)25-34/h12-13,20,22,24-25,27,30,32-33,35-36,39-40,42-47,55,57,61H,9-11,14-19,21,23,26,28H2,1-8H3/b13-12?,29-20+,31-22?. The fourth-order valence-electron chi connectivity index (χ4n) is 10.4. The van der Waals surface area contributed by atoms with Gasteiger partial charge in [-0.2, -0.15) is 0 Å². The number of hydrogen-bond donors (Lipinski definition) is 3. The molecule has 5 rings (SSSR count). The third-order valence-electron chi connectivity index (χ3n) is 14.2. The number of benzene rings is 1. The fourth-order valence-corrected chi connectivity index (χ4v) is 10.4. The van der Waals surface area contributed by atoms with Gasteiger partial charge in [-0.05, 0) is 113 Å². The monoisotopic (exact) mass is 930 g/mol. The van der Waals surface area contributed by atoms with Crippen LogP contribution >= 0.6 is 0 Å². The maximum atomic E-state index is 14.4. The highest BCUT2D eigenvalue weighted by atomic mass is 19.1. The van der Waals surface area contributed by atoms with Crippen LogP contribution in [-0.4, -0.2) is 126 Å². The van der Waals surface area contributed by atoms with Crippen molar-refractivity contribution in [3.63, 3.8) is 0 Å². The van der Waals surface area contributed by atoms with Crippen LogP contribution in [0.5, 0.6) is 0 Å². The van der Waals surface area contributed by atoms with E-state index >= 15 is 0 Å². The Hall–Kier alpha value is -3.70. The van der Waals surface area contributed by atoms with Gasteiger partial charge in [0.1, 0.15) is 35.7 Å². The molecule has 15 heteroatoms. The Bertz CT molecular complexity index is 1920. The maximum absolute atomic E-state index is 14.4. The van der Waals surface area contributed by atoms with E-state index in [2.05, 4.69) is 0 Å². The van der Waals surface area contributed by atoms with Crippen molar-refractivity contribution in [3.8, 4) is 0 Å². The lowest BCUT2D eigenvalue weighted by atomic mass is 9.81. The second-order valence-electron chi connectivity index (χ2n) is 19.4. The van der Waals surface area contributed by atoms with Crippen molar-refractivity contribution in [2.24, 2.45) is 29.6 Å². The number of methoxy groups -OCH3 is 2. The predicted octanol–water partition coefficient (Wildman–Crippen LogP) is 6.83. The minimum absolute atomic E-state index is 0.00401. The summed E-state index contributed by atoms with van der Waals surface area (Å²) in [5, 5.41) is 35.0. The molecule has 368 valence electrons. The number of ether oxygens (including phenoxy) is 5. The molecule has 14 unspecified atom stereocenters. The molecule has 2 saturated heterocycles. The second kappa shape index (κ2) is 24.0. The summed E-state index contributed by atoms with van der Waals surface area (Å²) in [6.45, 7) is 11.2. The van der Waals surface area contributed by atoms with Crippen molar-refractivity contribution < 1.29 is 67.0 Å². The average Bonchev–Trinajstić information content (AvgIpc) is 3.27. The summed E-state index contributed by atoms with van der Waals surface area (Å²) < 4.78 is 57.4. The van der Waals surface area contributed by atoms with Crippen molar-refractivity contribution in [1.29, 1.82) is 0 Å². The molecule has 2 bridgehead atoms. The molecular weight excluding hydrogens is 857 g/mol. The van der Waals surface area contributed by atoms with Crippen LogP contribution in [0.15, 0.2) is 47.6 Å². The van der Waals surface area contributed by atoms with Crippen molar-refractivity contribution in [2.75, 3.05) is 27.4 Å². The molecule has 3 N–H and O–H groups in total. The molecule has 4 aliphatic rings. The summed E-state index contributed by atoms with van der Waals surface area (Å²) in [5.41, 5.74) is 1.89. The third kappa shape index (κ3) is 13.3. The zero-order chi connectivity index (χ0) is 48.5. The molecule has 0 aromatic heterocycles. The van der Waals surface area contributed by atoms with Crippen LogP contribution in [0.4, 0.5) is 8.78 Å². The second-order valence-corrected chi connectivity index (χ2v) is 19.4. The van der Waals surface area contributed by atoms with E-state index in [-0.39, 0.29) is 50.0 Å². The summed E-state index contributed by atoms with van der Waals surface area (Å²) in [5.74, 6) is -9.45. The van der Waals surface area contributed by atoms with Crippen LogP contribution in [-0.2, 0) is 42.9 Å². The predicted molar refractivity (Wildman–Crippen MR) is 242 cm³/mol. The van der Waals surface area contributed by atoms with Crippen LogP contribution in [0.2, 0.25) is 0 Å². The van der Waals surface area contributed by atoms with Crippen molar-refractivity contribution in [3.05, 3.63) is 64.8 Å². The lowest BCUT2D eigenvalue weighted by Crippen LogP contribution is -2.64. The number of aliphatic hydroxyl groups is 3. The largest absolute Gasteiger partial charge is 0.456 e. The highest BCUT2D eigenvalue weighted by Gasteiger charge is 2.56. The molecule has 0 radical (unpaired) electrons. The molecule has 1 aromatic rings. The lowest BCUT2D eigenvalue weighted by Gasteiger charge is -2.47. The molecule has 1 saturated carbocycles. The van der Waals surface area contributed by atoms with E-state index in [1.165, 1.54) is 26.4 Å². The quantitative estimate of drug-likeness (QED) is 0.134. The van der Waals surface area contributed by atoms with Gasteiger partial charge in [-0.15, -0.1) is 0 Å². The van der Waals surface area contributed by atoms with Gasteiger partial charge < -0.3 is 43.9 Å². The minimum atomic E-state index is -2.54. The molecule has 66 heavy (non-hydrogen) atoms. The molecule has 1 aromatic carbocycles. The van der Waals surface area contributed by atoms with Crippen molar-refractivity contribution in [1.82, 2.24) is 4.90 Å². The summed E-state index contributed by atoms with van der Waals surface area (Å²) >= 11 is 0. The maximum Gasteiger partial charge on any atom is 0.329 e.